The Balaban J connectivity index is 2.42. The van der Waals surface area contributed by atoms with Crippen LogP contribution in [0, 0.1) is 6.92 Å². The maximum atomic E-state index is 5.80. The number of hydrogen-bond acceptors (Lipinski definition) is 4. The van der Waals surface area contributed by atoms with E-state index in [0.29, 0.717) is 0 Å². The molecule has 0 saturated heterocycles. The van der Waals surface area contributed by atoms with E-state index in [0.717, 1.165) is 15.4 Å². The molecule has 0 spiro atoms. The normalized spacial score (nSPS) is 12.7. The first kappa shape index (κ1) is 10.3. The van der Waals surface area contributed by atoms with Crippen molar-refractivity contribution in [2.24, 2.45) is 5.73 Å². The zero-order valence-electron chi connectivity index (χ0n) is 8.77. The molecule has 0 radical (unpaired) electrons. The minimum absolute atomic E-state index is 0.0493. The van der Waals surface area contributed by atoms with Gasteiger partial charge in [0.05, 0.1) is 0 Å². The van der Waals surface area contributed by atoms with E-state index in [1.54, 1.807) is 17.5 Å². The number of thiazole rings is 1. The summed E-state index contributed by atoms with van der Waals surface area (Å²) in [5.74, 6) is 0. The Morgan fingerprint density at radius 2 is 2.20 bits per heavy atom. The highest BCUT2D eigenvalue weighted by molar-refractivity contribution is 7.15. The van der Waals surface area contributed by atoms with Crippen molar-refractivity contribution in [1.29, 1.82) is 0 Å². The van der Waals surface area contributed by atoms with E-state index in [2.05, 4.69) is 16.9 Å². The van der Waals surface area contributed by atoms with Crippen LogP contribution < -0.4 is 5.73 Å². The first-order valence-corrected chi connectivity index (χ1v) is 5.62. The minimum Gasteiger partial charge on any atom is -0.323 e. The van der Waals surface area contributed by atoms with Gasteiger partial charge in [0.25, 0.3) is 0 Å². The molecule has 0 fully saturated rings. The van der Waals surface area contributed by atoms with Crippen molar-refractivity contribution in [2.75, 3.05) is 0 Å². The number of aryl methyl sites for hydroxylation is 1. The molecule has 0 saturated carbocycles. The van der Waals surface area contributed by atoms with Gasteiger partial charge in [-0.1, -0.05) is 0 Å². The Bertz CT molecular complexity index is 462. The second-order valence-electron chi connectivity index (χ2n) is 3.55. The lowest BCUT2D eigenvalue weighted by atomic mass is 10.2. The molecule has 0 bridgehead atoms. The lowest BCUT2D eigenvalue weighted by molar-refractivity contribution is 0.835. The van der Waals surface area contributed by atoms with Crippen molar-refractivity contribution < 1.29 is 0 Å². The van der Waals surface area contributed by atoms with Crippen LogP contribution in [-0.4, -0.2) is 9.97 Å². The number of pyridine rings is 1. The van der Waals surface area contributed by atoms with Gasteiger partial charge in [-0.05, 0) is 25.5 Å². The SMILES string of the molecule is Cc1ccncc1-c1ncc(C(C)N)s1. The fourth-order valence-corrected chi connectivity index (χ4v) is 2.25. The lowest BCUT2D eigenvalue weighted by Gasteiger charge is -2.00. The Labute approximate surface area is 93.0 Å². The van der Waals surface area contributed by atoms with Crippen LogP contribution in [0.25, 0.3) is 10.6 Å². The molecule has 2 rings (SSSR count). The van der Waals surface area contributed by atoms with Gasteiger partial charge in [0, 0.05) is 35.1 Å². The van der Waals surface area contributed by atoms with Gasteiger partial charge in [0.15, 0.2) is 0 Å². The van der Waals surface area contributed by atoms with Crippen LogP contribution in [0.1, 0.15) is 23.4 Å². The maximum Gasteiger partial charge on any atom is 0.125 e. The monoisotopic (exact) mass is 219 g/mol. The molecule has 3 nitrogen and oxygen atoms in total. The summed E-state index contributed by atoms with van der Waals surface area (Å²) in [6, 6.07) is 2.04. The van der Waals surface area contributed by atoms with Gasteiger partial charge < -0.3 is 5.73 Å². The van der Waals surface area contributed by atoms with Crippen molar-refractivity contribution in [1.82, 2.24) is 9.97 Å². The van der Waals surface area contributed by atoms with Crippen LogP contribution >= 0.6 is 11.3 Å². The van der Waals surface area contributed by atoms with Gasteiger partial charge in [-0.25, -0.2) is 4.98 Å². The Morgan fingerprint density at radius 3 is 2.80 bits per heavy atom. The average Bonchev–Trinajstić information content (AvgIpc) is 2.67. The van der Waals surface area contributed by atoms with Crippen LogP contribution in [0.4, 0.5) is 0 Å². The maximum absolute atomic E-state index is 5.80. The summed E-state index contributed by atoms with van der Waals surface area (Å²) in [6.45, 7) is 4.03. The summed E-state index contributed by atoms with van der Waals surface area (Å²) in [5, 5.41) is 0.993. The van der Waals surface area contributed by atoms with Gasteiger partial charge in [0.2, 0.25) is 0 Å². The second-order valence-corrected chi connectivity index (χ2v) is 4.61. The van der Waals surface area contributed by atoms with Crippen molar-refractivity contribution in [3.8, 4) is 10.6 Å². The van der Waals surface area contributed by atoms with E-state index >= 15 is 0 Å². The number of hydrogen-bond donors (Lipinski definition) is 1. The highest BCUT2D eigenvalue weighted by Crippen LogP contribution is 2.29. The molecule has 78 valence electrons. The summed E-state index contributed by atoms with van der Waals surface area (Å²) >= 11 is 1.63. The van der Waals surface area contributed by atoms with Gasteiger partial charge in [0.1, 0.15) is 5.01 Å². The summed E-state index contributed by atoms with van der Waals surface area (Å²) in [6.07, 6.45) is 5.48. The third kappa shape index (κ3) is 2.06. The zero-order valence-corrected chi connectivity index (χ0v) is 9.58. The van der Waals surface area contributed by atoms with Crippen molar-refractivity contribution in [3.05, 3.63) is 35.1 Å². The number of aromatic nitrogens is 2. The van der Waals surface area contributed by atoms with Gasteiger partial charge in [-0.3, -0.25) is 4.98 Å². The van der Waals surface area contributed by atoms with Crippen molar-refractivity contribution in [2.45, 2.75) is 19.9 Å². The van der Waals surface area contributed by atoms with Crippen LogP contribution in [0.3, 0.4) is 0 Å². The van der Waals surface area contributed by atoms with Gasteiger partial charge >= 0.3 is 0 Å². The van der Waals surface area contributed by atoms with Crippen LogP contribution in [-0.2, 0) is 0 Å². The Kier molecular flexibility index (Phi) is 2.79. The molecule has 15 heavy (non-hydrogen) atoms. The van der Waals surface area contributed by atoms with Crippen LogP contribution in [0.15, 0.2) is 24.7 Å². The van der Waals surface area contributed by atoms with E-state index in [4.69, 9.17) is 5.73 Å². The molecule has 0 aliphatic rings. The number of rotatable bonds is 2. The van der Waals surface area contributed by atoms with Crippen LogP contribution in [0.5, 0.6) is 0 Å². The van der Waals surface area contributed by atoms with E-state index < -0.39 is 0 Å². The molecule has 0 amide bonds. The smallest absolute Gasteiger partial charge is 0.125 e. The molecule has 0 aromatic carbocycles. The standard InChI is InChI=1S/C11H13N3S/c1-7-3-4-13-5-9(7)11-14-6-10(15-11)8(2)12/h3-6,8H,12H2,1-2H3. The fraction of sp³-hybridized carbons (Fsp3) is 0.273. The van der Waals surface area contributed by atoms with Crippen molar-refractivity contribution in [3.63, 3.8) is 0 Å². The summed E-state index contributed by atoms with van der Waals surface area (Å²) in [4.78, 5) is 9.58. The third-order valence-electron chi connectivity index (χ3n) is 2.24. The first-order chi connectivity index (χ1) is 7.18. The molecule has 0 aliphatic carbocycles. The molecule has 2 heterocycles. The van der Waals surface area contributed by atoms with Crippen LogP contribution in [0.2, 0.25) is 0 Å². The fourth-order valence-electron chi connectivity index (χ4n) is 1.31. The van der Waals surface area contributed by atoms with Gasteiger partial charge in [-0.15, -0.1) is 11.3 Å². The van der Waals surface area contributed by atoms with Crippen molar-refractivity contribution >= 4 is 11.3 Å². The molecule has 2 aromatic heterocycles. The van der Waals surface area contributed by atoms with E-state index in [9.17, 15) is 0 Å². The third-order valence-corrected chi connectivity index (χ3v) is 3.47. The highest BCUT2D eigenvalue weighted by Gasteiger charge is 2.09. The zero-order chi connectivity index (χ0) is 10.8. The molecule has 4 heteroatoms. The number of nitrogens with two attached hydrogens (primary N) is 1. The average molecular weight is 219 g/mol. The van der Waals surface area contributed by atoms with E-state index in [1.807, 2.05) is 25.4 Å². The predicted molar refractivity (Wildman–Crippen MR) is 62.7 cm³/mol. The summed E-state index contributed by atoms with van der Waals surface area (Å²) in [5.41, 5.74) is 8.08. The topological polar surface area (TPSA) is 51.8 Å². The first-order valence-electron chi connectivity index (χ1n) is 4.81. The molecular weight excluding hydrogens is 206 g/mol. The summed E-state index contributed by atoms with van der Waals surface area (Å²) < 4.78 is 0. The minimum atomic E-state index is 0.0493. The quantitative estimate of drug-likeness (QED) is 0.844. The Morgan fingerprint density at radius 1 is 1.40 bits per heavy atom. The van der Waals surface area contributed by atoms with E-state index in [1.165, 1.54) is 5.56 Å². The second kappa shape index (κ2) is 4.08. The van der Waals surface area contributed by atoms with Gasteiger partial charge in [-0.2, -0.15) is 0 Å². The molecule has 1 atom stereocenters. The molecular formula is C11H13N3S. The highest BCUT2D eigenvalue weighted by atomic mass is 32.1. The summed E-state index contributed by atoms with van der Waals surface area (Å²) in [7, 11) is 0. The number of nitrogens with zero attached hydrogens (tertiary/aromatic N) is 2. The Hall–Kier alpha value is -1.26. The largest absolute Gasteiger partial charge is 0.323 e. The molecule has 1 unspecified atom stereocenters. The molecule has 0 aliphatic heterocycles. The molecule has 2 N–H and O–H groups in total. The predicted octanol–water partition coefficient (Wildman–Crippen LogP) is 2.53. The lowest BCUT2D eigenvalue weighted by Crippen LogP contribution is -2.01. The van der Waals surface area contributed by atoms with E-state index in [-0.39, 0.29) is 6.04 Å². The molecule has 2 aromatic rings.